The Balaban J connectivity index is 1.60. The first-order valence-corrected chi connectivity index (χ1v) is 10.8. The summed E-state index contributed by atoms with van der Waals surface area (Å²) in [5, 5.41) is 2.76. The molecule has 2 N–H and O–H groups in total. The Labute approximate surface area is 179 Å². The van der Waals surface area contributed by atoms with Crippen molar-refractivity contribution in [1.82, 2.24) is 0 Å². The molecule has 0 aliphatic rings. The van der Waals surface area contributed by atoms with Gasteiger partial charge in [-0.2, -0.15) is 0 Å². The van der Waals surface area contributed by atoms with Crippen molar-refractivity contribution < 1.29 is 27.1 Å². The Morgan fingerprint density at radius 3 is 2.10 bits per heavy atom. The maximum Gasteiger partial charge on any atom is 0.261 e. The summed E-state index contributed by atoms with van der Waals surface area (Å²) >= 11 is 0. The van der Waals surface area contributed by atoms with Gasteiger partial charge in [-0.3, -0.25) is 9.52 Å². The Kier molecular flexibility index (Phi) is 7.22. The van der Waals surface area contributed by atoms with Crippen LogP contribution in [0.25, 0.3) is 0 Å². The number of methoxy groups -OCH3 is 1. The normalized spacial score (nSPS) is 11.0. The van der Waals surface area contributed by atoms with Gasteiger partial charge in [0.2, 0.25) is 0 Å². The molecule has 0 unspecified atom stereocenters. The predicted octanol–water partition coefficient (Wildman–Crippen LogP) is 3.90. The van der Waals surface area contributed by atoms with Gasteiger partial charge in [-0.1, -0.05) is 0 Å². The molecule has 3 aromatic carbocycles. The van der Waals surface area contributed by atoms with E-state index in [1.165, 1.54) is 36.4 Å². The molecule has 0 atom stereocenters. The molecule has 0 aromatic heterocycles. The first-order valence-electron chi connectivity index (χ1n) is 9.29. The lowest BCUT2D eigenvalue weighted by molar-refractivity contribution is 0.102. The number of amides is 1. The van der Waals surface area contributed by atoms with Gasteiger partial charge >= 0.3 is 0 Å². The van der Waals surface area contributed by atoms with Gasteiger partial charge in [0.25, 0.3) is 15.9 Å². The third-order valence-electron chi connectivity index (χ3n) is 4.19. The average molecular weight is 444 g/mol. The van der Waals surface area contributed by atoms with E-state index >= 15 is 0 Å². The molecule has 0 aliphatic carbocycles. The minimum atomic E-state index is -3.86. The molecule has 0 saturated carbocycles. The molecular weight excluding hydrogens is 423 g/mol. The number of rotatable bonds is 9. The SMILES string of the molecule is COCCOc1ccc(NC(=O)c2ccc(NS(=O)(=O)c3ccc(F)cc3)cc2)cc1. The highest BCUT2D eigenvalue weighted by Crippen LogP contribution is 2.19. The third-order valence-corrected chi connectivity index (χ3v) is 5.59. The predicted molar refractivity (Wildman–Crippen MR) is 115 cm³/mol. The lowest BCUT2D eigenvalue weighted by atomic mass is 10.2. The smallest absolute Gasteiger partial charge is 0.261 e. The minimum absolute atomic E-state index is 0.0645. The number of nitrogens with one attached hydrogen (secondary N) is 2. The van der Waals surface area contributed by atoms with Crippen LogP contribution in [0.4, 0.5) is 15.8 Å². The molecule has 3 rings (SSSR count). The van der Waals surface area contributed by atoms with E-state index < -0.39 is 15.8 Å². The van der Waals surface area contributed by atoms with Crippen LogP contribution >= 0.6 is 0 Å². The average Bonchev–Trinajstić information content (AvgIpc) is 2.75. The molecular formula is C22H21FN2O5S. The molecule has 0 spiro atoms. The molecule has 0 fully saturated rings. The number of halogens is 1. The fourth-order valence-electron chi connectivity index (χ4n) is 2.60. The van der Waals surface area contributed by atoms with E-state index in [9.17, 15) is 17.6 Å². The van der Waals surface area contributed by atoms with Crippen LogP contribution in [0.15, 0.2) is 77.7 Å². The number of sulfonamides is 1. The number of carbonyl (C=O) groups excluding carboxylic acids is 1. The van der Waals surface area contributed by atoms with Crippen molar-refractivity contribution >= 4 is 27.3 Å². The second-order valence-electron chi connectivity index (χ2n) is 6.46. The van der Waals surface area contributed by atoms with Gasteiger partial charge in [-0.05, 0) is 72.8 Å². The summed E-state index contributed by atoms with van der Waals surface area (Å²) in [7, 11) is -2.27. The van der Waals surface area contributed by atoms with Crippen molar-refractivity contribution in [2.75, 3.05) is 30.4 Å². The van der Waals surface area contributed by atoms with Crippen LogP contribution in [-0.4, -0.2) is 34.6 Å². The molecule has 9 heteroatoms. The first-order chi connectivity index (χ1) is 14.9. The van der Waals surface area contributed by atoms with Crippen molar-refractivity contribution in [3.8, 4) is 5.75 Å². The topological polar surface area (TPSA) is 93.7 Å². The fraction of sp³-hybridized carbons (Fsp3) is 0.136. The molecule has 1 amide bonds. The monoisotopic (exact) mass is 444 g/mol. The zero-order valence-electron chi connectivity index (χ0n) is 16.7. The van der Waals surface area contributed by atoms with Gasteiger partial charge in [0, 0.05) is 24.0 Å². The van der Waals surface area contributed by atoms with Crippen molar-refractivity contribution in [3.63, 3.8) is 0 Å². The van der Waals surface area contributed by atoms with Crippen LogP contribution in [0.1, 0.15) is 10.4 Å². The Hall–Kier alpha value is -3.43. The van der Waals surface area contributed by atoms with Crippen LogP contribution in [0.5, 0.6) is 5.75 Å². The van der Waals surface area contributed by atoms with Gasteiger partial charge in [-0.25, -0.2) is 12.8 Å². The summed E-state index contributed by atoms with van der Waals surface area (Å²) in [5.41, 5.74) is 1.22. The van der Waals surface area contributed by atoms with Crippen molar-refractivity contribution in [2.24, 2.45) is 0 Å². The fourth-order valence-corrected chi connectivity index (χ4v) is 3.66. The van der Waals surface area contributed by atoms with Crippen LogP contribution < -0.4 is 14.8 Å². The molecule has 31 heavy (non-hydrogen) atoms. The van der Waals surface area contributed by atoms with Crippen LogP contribution in [0.2, 0.25) is 0 Å². The molecule has 0 aliphatic heterocycles. The first kappa shape index (κ1) is 22.3. The molecule has 0 bridgehead atoms. The largest absolute Gasteiger partial charge is 0.491 e. The van der Waals surface area contributed by atoms with Gasteiger partial charge < -0.3 is 14.8 Å². The van der Waals surface area contributed by atoms with E-state index in [1.54, 1.807) is 31.4 Å². The summed E-state index contributed by atoms with van der Waals surface area (Å²) in [6.07, 6.45) is 0. The van der Waals surface area contributed by atoms with Crippen LogP contribution in [0, 0.1) is 5.82 Å². The van der Waals surface area contributed by atoms with Crippen molar-refractivity contribution in [1.29, 1.82) is 0 Å². The summed E-state index contributed by atoms with van der Waals surface area (Å²) in [6.45, 7) is 0.911. The zero-order valence-corrected chi connectivity index (χ0v) is 17.5. The maximum atomic E-state index is 13.0. The van der Waals surface area contributed by atoms with E-state index in [2.05, 4.69) is 10.0 Å². The van der Waals surface area contributed by atoms with Gasteiger partial charge in [-0.15, -0.1) is 0 Å². The lowest BCUT2D eigenvalue weighted by Crippen LogP contribution is -2.14. The molecule has 0 radical (unpaired) electrons. The molecule has 162 valence electrons. The highest BCUT2D eigenvalue weighted by Gasteiger charge is 2.14. The maximum absolute atomic E-state index is 13.0. The van der Waals surface area contributed by atoms with Gasteiger partial charge in [0.05, 0.1) is 11.5 Å². The van der Waals surface area contributed by atoms with Gasteiger partial charge in [0.1, 0.15) is 18.2 Å². The summed E-state index contributed by atoms with van der Waals surface area (Å²) in [5.74, 6) is -0.212. The standard InChI is InChI=1S/C22H21FN2O5S/c1-29-14-15-30-20-10-8-18(9-11-20)24-22(26)16-2-6-19(7-3-16)25-31(27,28)21-12-4-17(23)5-13-21/h2-13,25H,14-15H2,1H3,(H,24,26). The number of anilines is 2. The Morgan fingerprint density at radius 1 is 0.871 bits per heavy atom. The minimum Gasteiger partial charge on any atom is -0.491 e. The van der Waals surface area contributed by atoms with E-state index in [1.807, 2.05) is 0 Å². The van der Waals surface area contributed by atoms with Crippen molar-refractivity contribution in [2.45, 2.75) is 4.90 Å². The Bertz CT molecular complexity index is 1120. The van der Waals surface area contributed by atoms with E-state index in [0.717, 1.165) is 12.1 Å². The van der Waals surface area contributed by atoms with Crippen LogP contribution in [0.3, 0.4) is 0 Å². The molecule has 0 saturated heterocycles. The number of ether oxygens (including phenoxy) is 2. The number of hydrogen-bond donors (Lipinski definition) is 2. The summed E-state index contributed by atoms with van der Waals surface area (Å²) < 4.78 is 50.5. The highest BCUT2D eigenvalue weighted by atomic mass is 32.2. The number of hydrogen-bond acceptors (Lipinski definition) is 5. The zero-order chi connectivity index (χ0) is 22.3. The van der Waals surface area contributed by atoms with Gasteiger partial charge in [0.15, 0.2) is 0 Å². The van der Waals surface area contributed by atoms with Crippen molar-refractivity contribution in [3.05, 3.63) is 84.2 Å². The van der Waals surface area contributed by atoms with E-state index in [-0.39, 0.29) is 16.5 Å². The van der Waals surface area contributed by atoms with E-state index in [0.29, 0.717) is 30.2 Å². The lowest BCUT2D eigenvalue weighted by Gasteiger charge is -2.10. The second kappa shape index (κ2) is 10.1. The number of carbonyl (C=O) groups is 1. The summed E-state index contributed by atoms with van der Waals surface area (Å²) in [6, 6.07) is 17.3. The second-order valence-corrected chi connectivity index (χ2v) is 8.14. The quantitative estimate of drug-likeness (QED) is 0.488. The number of benzene rings is 3. The molecule has 0 heterocycles. The highest BCUT2D eigenvalue weighted by molar-refractivity contribution is 7.92. The van der Waals surface area contributed by atoms with Crippen LogP contribution in [-0.2, 0) is 14.8 Å². The summed E-state index contributed by atoms with van der Waals surface area (Å²) in [4.78, 5) is 12.4. The Morgan fingerprint density at radius 2 is 1.48 bits per heavy atom. The third kappa shape index (κ3) is 6.27. The molecule has 3 aromatic rings. The van der Waals surface area contributed by atoms with E-state index in [4.69, 9.17) is 9.47 Å². The molecule has 7 nitrogen and oxygen atoms in total.